The third-order valence-electron chi connectivity index (χ3n) is 4.95. The van der Waals surface area contributed by atoms with Crippen molar-refractivity contribution in [3.05, 3.63) is 42.5 Å². The zero-order chi connectivity index (χ0) is 19.2. The summed E-state index contributed by atoms with van der Waals surface area (Å²) in [5, 5.41) is 4.10. The summed E-state index contributed by atoms with van der Waals surface area (Å²) < 4.78 is 6.93. The predicted octanol–water partition coefficient (Wildman–Crippen LogP) is 1.43. The van der Waals surface area contributed by atoms with Crippen LogP contribution < -0.4 is 0 Å². The van der Waals surface area contributed by atoms with Crippen LogP contribution in [-0.4, -0.2) is 69.7 Å². The van der Waals surface area contributed by atoms with Crippen LogP contribution in [0.1, 0.15) is 31.4 Å². The van der Waals surface area contributed by atoms with E-state index in [9.17, 15) is 9.59 Å². The Hall–Kier alpha value is -2.74. The maximum atomic E-state index is 12.5. The molecular formula is C19H25N5O3. The van der Waals surface area contributed by atoms with Gasteiger partial charge in [-0.05, 0) is 24.6 Å². The van der Waals surface area contributed by atoms with Crippen molar-refractivity contribution < 1.29 is 14.3 Å². The third-order valence-corrected chi connectivity index (χ3v) is 4.95. The number of carbonyl (C=O) groups excluding carboxylic acids is 2. The molecule has 0 spiro atoms. The Labute approximate surface area is 158 Å². The van der Waals surface area contributed by atoms with E-state index in [1.165, 1.54) is 6.33 Å². The summed E-state index contributed by atoms with van der Waals surface area (Å²) in [7, 11) is 1.78. The molecule has 27 heavy (non-hydrogen) atoms. The van der Waals surface area contributed by atoms with Crippen molar-refractivity contribution in [3.63, 3.8) is 0 Å². The molecule has 0 bridgehead atoms. The second-order valence-electron chi connectivity index (χ2n) is 6.61. The van der Waals surface area contributed by atoms with E-state index in [4.69, 9.17) is 4.74 Å². The van der Waals surface area contributed by atoms with Gasteiger partial charge in [0.15, 0.2) is 0 Å². The Morgan fingerprint density at radius 2 is 1.89 bits per heavy atom. The molecule has 2 heterocycles. The lowest BCUT2D eigenvalue weighted by Crippen LogP contribution is -2.41. The number of carbonyl (C=O) groups is 2. The van der Waals surface area contributed by atoms with Gasteiger partial charge in [0.1, 0.15) is 12.7 Å². The fourth-order valence-electron chi connectivity index (χ4n) is 3.05. The van der Waals surface area contributed by atoms with Crippen molar-refractivity contribution in [2.45, 2.75) is 25.8 Å². The molecule has 0 aliphatic carbocycles. The third kappa shape index (κ3) is 4.71. The lowest BCUT2D eigenvalue weighted by atomic mass is 10.1. The van der Waals surface area contributed by atoms with E-state index >= 15 is 0 Å². The molecule has 1 atom stereocenters. The van der Waals surface area contributed by atoms with Gasteiger partial charge < -0.3 is 14.5 Å². The highest BCUT2D eigenvalue weighted by atomic mass is 16.5. The number of amides is 2. The summed E-state index contributed by atoms with van der Waals surface area (Å²) in [6, 6.07) is 7.76. The molecule has 2 amide bonds. The van der Waals surface area contributed by atoms with Crippen LogP contribution in [0.15, 0.2) is 36.9 Å². The van der Waals surface area contributed by atoms with E-state index < -0.39 is 0 Å². The monoisotopic (exact) mass is 371 g/mol. The molecule has 1 aliphatic rings. The Kier molecular flexibility index (Phi) is 6.18. The Bertz CT molecular complexity index is 754. The second-order valence-corrected chi connectivity index (χ2v) is 6.61. The van der Waals surface area contributed by atoms with E-state index in [1.807, 2.05) is 31.2 Å². The smallest absolute Gasteiger partial charge is 0.223 e. The Morgan fingerprint density at radius 1 is 1.19 bits per heavy atom. The molecule has 2 aromatic rings. The summed E-state index contributed by atoms with van der Waals surface area (Å²) in [6.45, 7) is 4.34. The van der Waals surface area contributed by atoms with Crippen LogP contribution in [0.4, 0.5) is 0 Å². The fourth-order valence-corrected chi connectivity index (χ4v) is 3.05. The number of aromatic nitrogens is 3. The quantitative estimate of drug-likeness (QED) is 0.767. The molecule has 1 aliphatic heterocycles. The SMILES string of the molecule is C[C@H](c1ccc(-n2cncn2)cc1)N(C)C(=O)CCC(=O)N1CCOCC1. The van der Waals surface area contributed by atoms with E-state index in [0.29, 0.717) is 26.3 Å². The van der Waals surface area contributed by atoms with Crippen LogP contribution in [0, 0.1) is 0 Å². The van der Waals surface area contributed by atoms with Gasteiger partial charge in [-0.3, -0.25) is 9.59 Å². The van der Waals surface area contributed by atoms with Gasteiger partial charge in [0.05, 0.1) is 24.9 Å². The molecule has 1 aromatic carbocycles. The van der Waals surface area contributed by atoms with Gasteiger partial charge in [-0.25, -0.2) is 9.67 Å². The molecule has 0 saturated carbocycles. The Balaban J connectivity index is 1.53. The number of hydrogen-bond donors (Lipinski definition) is 0. The van der Waals surface area contributed by atoms with E-state index in [-0.39, 0.29) is 30.7 Å². The second kappa shape index (κ2) is 8.77. The van der Waals surface area contributed by atoms with Crippen LogP contribution in [0.2, 0.25) is 0 Å². The summed E-state index contributed by atoms with van der Waals surface area (Å²) in [5.74, 6) is -0.0191. The Morgan fingerprint density at radius 3 is 2.52 bits per heavy atom. The standard InChI is InChI=1S/C19H25N5O3/c1-15(16-3-5-17(6-4-16)24-14-20-13-21-24)22(2)18(25)7-8-19(26)23-9-11-27-12-10-23/h3-6,13-15H,7-12H2,1-2H3/t15-/m1/s1. The fraction of sp³-hybridized carbons (Fsp3) is 0.474. The van der Waals surface area contributed by atoms with Crippen molar-refractivity contribution in [1.82, 2.24) is 24.6 Å². The molecule has 3 rings (SSSR count). The van der Waals surface area contributed by atoms with Gasteiger partial charge in [-0.1, -0.05) is 12.1 Å². The molecule has 0 N–H and O–H groups in total. The van der Waals surface area contributed by atoms with Gasteiger partial charge in [0.25, 0.3) is 0 Å². The minimum atomic E-state index is -0.0826. The maximum Gasteiger partial charge on any atom is 0.223 e. The molecule has 1 saturated heterocycles. The van der Waals surface area contributed by atoms with Crippen molar-refractivity contribution in [1.29, 1.82) is 0 Å². The van der Waals surface area contributed by atoms with E-state index in [0.717, 1.165) is 11.3 Å². The lowest BCUT2D eigenvalue weighted by molar-refractivity contribution is -0.139. The zero-order valence-electron chi connectivity index (χ0n) is 15.7. The molecular weight excluding hydrogens is 346 g/mol. The van der Waals surface area contributed by atoms with Crippen LogP contribution in [-0.2, 0) is 14.3 Å². The first-order valence-corrected chi connectivity index (χ1v) is 9.12. The van der Waals surface area contributed by atoms with Gasteiger partial charge in [0, 0.05) is 33.0 Å². The topological polar surface area (TPSA) is 80.6 Å². The summed E-state index contributed by atoms with van der Waals surface area (Å²) in [5.41, 5.74) is 1.93. The number of benzene rings is 1. The summed E-state index contributed by atoms with van der Waals surface area (Å²) in [6.07, 6.45) is 3.58. The largest absolute Gasteiger partial charge is 0.378 e. The van der Waals surface area contributed by atoms with E-state index in [1.54, 1.807) is 27.9 Å². The maximum absolute atomic E-state index is 12.5. The van der Waals surface area contributed by atoms with Gasteiger partial charge in [-0.15, -0.1) is 0 Å². The number of rotatable bonds is 6. The van der Waals surface area contributed by atoms with Gasteiger partial charge >= 0.3 is 0 Å². The number of morpholine rings is 1. The lowest BCUT2D eigenvalue weighted by Gasteiger charge is -2.28. The normalized spacial score (nSPS) is 15.4. The van der Waals surface area contributed by atoms with Crippen molar-refractivity contribution in [2.75, 3.05) is 33.4 Å². The van der Waals surface area contributed by atoms with Crippen LogP contribution in [0.25, 0.3) is 5.69 Å². The molecule has 8 heteroatoms. The highest BCUT2D eigenvalue weighted by Gasteiger charge is 2.21. The van der Waals surface area contributed by atoms with E-state index in [2.05, 4.69) is 10.1 Å². The molecule has 0 unspecified atom stereocenters. The number of ether oxygens (including phenoxy) is 1. The number of nitrogens with zero attached hydrogens (tertiary/aromatic N) is 5. The molecule has 1 aromatic heterocycles. The average Bonchev–Trinajstić information content (AvgIpc) is 3.26. The molecule has 0 radical (unpaired) electrons. The van der Waals surface area contributed by atoms with Gasteiger partial charge in [-0.2, -0.15) is 5.10 Å². The first kappa shape index (κ1) is 19.0. The van der Waals surface area contributed by atoms with Crippen molar-refractivity contribution in [3.8, 4) is 5.69 Å². The van der Waals surface area contributed by atoms with Crippen LogP contribution in [0.3, 0.4) is 0 Å². The van der Waals surface area contributed by atoms with Crippen molar-refractivity contribution in [2.24, 2.45) is 0 Å². The highest BCUT2D eigenvalue weighted by molar-refractivity contribution is 5.84. The first-order valence-electron chi connectivity index (χ1n) is 9.12. The van der Waals surface area contributed by atoms with Crippen LogP contribution >= 0.6 is 0 Å². The minimum absolute atomic E-state index is 0.0184. The summed E-state index contributed by atoms with van der Waals surface area (Å²) in [4.78, 5) is 32.1. The first-order chi connectivity index (χ1) is 13.1. The molecule has 1 fully saturated rings. The molecule has 144 valence electrons. The predicted molar refractivity (Wildman–Crippen MR) is 99.2 cm³/mol. The van der Waals surface area contributed by atoms with Crippen LogP contribution in [0.5, 0.6) is 0 Å². The summed E-state index contributed by atoms with van der Waals surface area (Å²) >= 11 is 0. The van der Waals surface area contributed by atoms with Crippen molar-refractivity contribution >= 4 is 11.8 Å². The average molecular weight is 371 g/mol. The zero-order valence-corrected chi connectivity index (χ0v) is 15.7. The van der Waals surface area contributed by atoms with Gasteiger partial charge in [0.2, 0.25) is 11.8 Å². The minimum Gasteiger partial charge on any atom is -0.378 e. The molecule has 8 nitrogen and oxygen atoms in total. The number of hydrogen-bond acceptors (Lipinski definition) is 5. The highest BCUT2D eigenvalue weighted by Crippen LogP contribution is 2.21.